The number of carbonyl (C=O) groups excluding carboxylic acids is 1. The Morgan fingerprint density at radius 1 is 1.58 bits per heavy atom. The Kier molecular flexibility index (Phi) is 7.62. The fourth-order valence-corrected chi connectivity index (χ4v) is 0.411. The van der Waals surface area contributed by atoms with Gasteiger partial charge in [0.25, 0.3) is 0 Å². The van der Waals surface area contributed by atoms with Gasteiger partial charge in [-0.05, 0) is 13.8 Å². The van der Waals surface area contributed by atoms with Crippen LogP contribution in [-0.2, 0) is 9.53 Å². The molecule has 0 radical (unpaired) electrons. The molecule has 0 rings (SSSR count). The highest BCUT2D eigenvalue weighted by atomic mass is 35.5. The number of ether oxygens (including phenoxy) is 1. The third-order valence-corrected chi connectivity index (χ3v) is 0.980. The Bertz CT molecular complexity index is 162. The predicted octanol–water partition coefficient (Wildman–Crippen LogP) is 0.627. The summed E-state index contributed by atoms with van der Waals surface area (Å²) in [5.74, 6) is -1.09. The lowest BCUT2D eigenvalue weighted by molar-refractivity contribution is -0.138. The first-order chi connectivity index (χ1) is 5.07. The molecule has 0 aromatic rings. The number of nitrogens with one attached hydrogen (secondary N) is 1. The van der Waals surface area contributed by atoms with Gasteiger partial charge in [0.1, 0.15) is 6.04 Å². The molecule has 0 aliphatic rings. The molecule has 0 spiro atoms. The number of halogens is 1. The fourth-order valence-electron chi connectivity index (χ4n) is 0.411. The molecule has 2 N–H and O–H groups in total. The highest BCUT2D eigenvalue weighted by Gasteiger charge is 2.13. The largest absolute Gasteiger partial charge is 0.480 e. The summed E-state index contributed by atoms with van der Waals surface area (Å²) in [5, 5.41) is 10.4. The zero-order chi connectivity index (χ0) is 8.85. The SMILES string of the molecule is CCOC(=O)N[C@H](C)C(=O)O.Cl. The van der Waals surface area contributed by atoms with E-state index in [4.69, 9.17) is 5.11 Å². The average Bonchev–Trinajstić information content (AvgIpc) is 1.87. The van der Waals surface area contributed by atoms with Gasteiger partial charge < -0.3 is 15.2 Å². The van der Waals surface area contributed by atoms with Crippen molar-refractivity contribution in [1.82, 2.24) is 5.32 Å². The quantitative estimate of drug-likeness (QED) is 0.696. The summed E-state index contributed by atoms with van der Waals surface area (Å²) in [5.41, 5.74) is 0. The first-order valence-electron chi connectivity index (χ1n) is 3.24. The molecule has 0 aromatic carbocycles. The van der Waals surface area contributed by atoms with E-state index >= 15 is 0 Å². The highest BCUT2D eigenvalue weighted by Crippen LogP contribution is 1.83. The molecule has 12 heavy (non-hydrogen) atoms. The van der Waals surface area contributed by atoms with Crippen LogP contribution in [0.25, 0.3) is 0 Å². The van der Waals surface area contributed by atoms with Crippen molar-refractivity contribution in [1.29, 1.82) is 0 Å². The molecule has 0 saturated carbocycles. The maximum absolute atomic E-state index is 10.6. The Balaban J connectivity index is 0. The van der Waals surface area contributed by atoms with Gasteiger partial charge in [0.2, 0.25) is 0 Å². The van der Waals surface area contributed by atoms with E-state index in [-0.39, 0.29) is 19.0 Å². The maximum Gasteiger partial charge on any atom is 0.407 e. The number of alkyl carbamates (subject to hydrolysis) is 1. The lowest BCUT2D eigenvalue weighted by atomic mass is 10.4. The van der Waals surface area contributed by atoms with E-state index < -0.39 is 18.1 Å². The minimum atomic E-state index is -1.09. The van der Waals surface area contributed by atoms with Crippen LogP contribution in [0, 0.1) is 0 Å². The van der Waals surface area contributed by atoms with Crippen LogP contribution in [0.5, 0.6) is 0 Å². The molecule has 0 bridgehead atoms. The molecule has 72 valence electrons. The fraction of sp³-hybridized carbons (Fsp3) is 0.667. The van der Waals surface area contributed by atoms with E-state index in [1.165, 1.54) is 6.92 Å². The van der Waals surface area contributed by atoms with Crippen molar-refractivity contribution in [2.24, 2.45) is 0 Å². The first kappa shape index (κ1) is 13.6. The topological polar surface area (TPSA) is 75.6 Å². The van der Waals surface area contributed by atoms with E-state index in [1.807, 2.05) is 0 Å². The van der Waals surface area contributed by atoms with Gasteiger partial charge in [-0.25, -0.2) is 4.79 Å². The number of carboxylic acid groups (broad SMARTS) is 1. The summed E-state index contributed by atoms with van der Waals surface area (Å²) in [7, 11) is 0. The number of carboxylic acids is 1. The van der Waals surface area contributed by atoms with Crippen molar-refractivity contribution in [3.63, 3.8) is 0 Å². The molecular weight excluding hydrogens is 186 g/mol. The zero-order valence-electron chi connectivity index (χ0n) is 6.86. The minimum Gasteiger partial charge on any atom is -0.480 e. The molecule has 0 saturated heterocycles. The van der Waals surface area contributed by atoms with Crippen LogP contribution in [0.4, 0.5) is 4.79 Å². The Labute approximate surface area is 76.5 Å². The van der Waals surface area contributed by atoms with Gasteiger partial charge in [-0.2, -0.15) is 0 Å². The van der Waals surface area contributed by atoms with E-state index in [1.54, 1.807) is 6.92 Å². The Hall–Kier alpha value is -0.970. The zero-order valence-corrected chi connectivity index (χ0v) is 7.68. The molecule has 5 nitrogen and oxygen atoms in total. The number of rotatable bonds is 3. The molecule has 1 amide bonds. The van der Waals surface area contributed by atoms with Crippen LogP contribution >= 0.6 is 12.4 Å². The van der Waals surface area contributed by atoms with Crippen molar-refractivity contribution >= 4 is 24.5 Å². The van der Waals surface area contributed by atoms with E-state index in [0.717, 1.165) is 0 Å². The number of hydrogen-bond donors (Lipinski definition) is 2. The van der Waals surface area contributed by atoms with E-state index in [0.29, 0.717) is 0 Å². The van der Waals surface area contributed by atoms with Gasteiger partial charge in [0, 0.05) is 0 Å². The van der Waals surface area contributed by atoms with Crippen molar-refractivity contribution in [3.05, 3.63) is 0 Å². The van der Waals surface area contributed by atoms with Crippen LogP contribution in [-0.4, -0.2) is 29.8 Å². The van der Waals surface area contributed by atoms with Crippen LogP contribution < -0.4 is 5.32 Å². The summed E-state index contributed by atoms with van der Waals surface area (Å²) < 4.78 is 4.45. The number of aliphatic carboxylic acids is 1. The van der Waals surface area contributed by atoms with E-state index in [9.17, 15) is 9.59 Å². The van der Waals surface area contributed by atoms with Gasteiger partial charge in [-0.15, -0.1) is 12.4 Å². The van der Waals surface area contributed by atoms with Crippen LogP contribution in [0.2, 0.25) is 0 Å². The van der Waals surface area contributed by atoms with Crippen molar-refractivity contribution in [2.75, 3.05) is 6.61 Å². The minimum absolute atomic E-state index is 0. The number of carbonyl (C=O) groups is 2. The number of hydrogen-bond acceptors (Lipinski definition) is 3. The monoisotopic (exact) mass is 197 g/mol. The van der Waals surface area contributed by atoms with Crippen molar-refractivity contribution in [3.8, 4) is 0 Å². The maximum atomic E-state index is 10.6. The third kappa shape index (κ3) is 5.79. The average molecular weight is 198 g/mol. The standard InChI is InChI=1S/C6H11NO4.ClH/c1-3-11-6(10)7-4(2)5(8)9;/h4H,3H2,1-2H3,(H,7,10)(H,8,9);1H/t4-;/m1./s1. The molecule has 6 heteroatoms. The second-order valence-electron chi connectivity index (χ2n) is 1.92. The molecule has 0 unspecified atom stereocenters. The molecule has 0 aliphatic heterocycles. The molecular formula is C6H12ClNO4. The molecule has 0 heterocycles. The summed E-state index contributed by atoms with van der Waals surface area (Å²) in [4.78, 5) is 20.7. The summed E-state index contributed by atoms with van der Waals surface area (Å²) in [6.45, 7) is 3.24. The lowest BCUT2D eigenvalue weighted by Crippen LogP contribution is -2.38. The Morgan fingerprint density at radius 2 is 2.08 bits per heavy atom. The second-order valence-corrected chi connectivity index (χ2v) is 1.92. The molecule has 0 aromatic heterocycles. The highest BCUT2D eigenvalue weighted by molar-refractivity contribution is 5.85. The van der Waals surface area contributed by atoms with Gasteiger partial charge in [0.15, 0.2) is 0 Å². The van der Waals surface area contributed by atoms with Gasteiger partial charge >= 0.3 is 12.1 Å². The lowest BCUT2D eigenvalue weighted by Gasteiger charge is -2.07. The summed E-state index contributed by atoms with van der Waals surface area (Å²) in [6.07, 6.45) is -0.706. The van der Waals surface area contributed by atoms with E-state index in [2.05, 4.69) is 10.1 Å². The molecule has 0 aliphatic carbocycles. The normalized spacial score (nSPS) is 10.8. The van der Waals surface area contributed by atoms with Gasteiger partial charge in [-0.1, -0.05) is 0 Å². The Morgan fingerprint density at radius 3 is 2.42 bits per heavy atom. The second kappa shape index (κ2) is 6.72. The van der Waals surface area contributed by atoms with Gasteiger partial charge in [0.05, 0.1) is 6.61 Å². The van der Waals surface area contributed by atoms with Crippen molar-refractivity contribution < 1.29 is 19.4 Å². The van der Waals surface area contributed by atoms with Crippen LogP contribution in [0.3, 0.4) is 0 Å². The first-order valence-corrected chi connectivity index (χ1v) is 3.24. The summed E-state index contributed by atoms with van der Waals surface area (Å²) >= 11 is 0. The molecule has 1 atom stereocenters. The third-order valence-electron chi connectivity index (χ3n) is 0.980. The van der Waals surface area contributed by atoms with Gasteiger partial charge in [-0.3, -0.25) is 4.79 Å². The molecule has 0 fully saturated rings. The van der Waals surface area contributed by atoms with Crippen LogP contribution in [0.15, 0.2) is 0 Å². The van der Waals surface area contributed by atoms with Crippen molar-refractivity contribution in [2.45, 2.75) is 19.9 Å². The smallest absolute Gasteiger partial charge is 0.407 e. The van der Waals surface area contributed by atoms with Crippen LogP contribution in [0.1, 0.15) is 13.8 Å². The summed E-state index contributed by atoms with van der Waals surface area (Å²) in [6, 6.07) is -0.908. The predicted molar refractivity (Wildman–Crippen MR) is 44.5 cm³/mol. The number of amides is 1.